The summed E-state index contributed by atoms with van der Waals surface area (Å²) in [7, 11) is 0. The molecular formula is C11H8BrFO2. The summed E-state index contributed by atoms with van der Waals surface area (Å²) in [6.07, 6.45) is 0.721. The molecule has 1 saturated carbocycles. The van der Waals surface area contributed by atoms with E-state index in [1.54, 1.807) is 12.1 Å². The van der Waals surface area contributed by atoms with Gasteiger partial charge in [-0.2, -0.15) is 0 Å². The van der Waals surface area contributed by atoms with E-state index in [0.29, 0.717) is 12.2 Å². The van der Waals surface area contributed by atoms with Crippen molar-refractivity contribution in [1.29, 1.82) is 0 Å². The molecule has 15 heavy (non-hydrogen) atoms. The molecule has 0 bridgehead atoms. The van der Waals surface area contributed by atoms with Gasteiger partial charge >= 0.3 is 5.97 Å². The molecule has 1 aliphatic heterocycles. The summed E-state index contributed by atoms with van der Waals surface area (Å²) in [6, 6.07) is 4.70. The van der Waals surface area contributed by atoms with E-state index in [0.717, 1.165) is 10.9 Å². The van der Waals surface area contributed by atoms with Crippen LogP contribution in [0.2, 0.25) is 0 Å². The first-order valence-corrected chi connectivity index (χ1v) is 5.56. The fourth-order valence-corrected chi connectivity index (χ4v) is 2.73. The third-order valence-electron chi connectivity index (χ3n) is 3.29. The number of hydrogen-bond donors (Lipinski definition) is 0. The molecule has 2 fully saturated rings. The molecule has 0 radical (unpaired) electrons. The van der Waals surface area contributed by atoms with Crippen LogP contribution in [0.3, 0.4) is 0 Å². The molecule has 0 amide bonds. The number of esters is 1. The van der Waals surface area contributed by atoms with Crippen molar-refractivity contribution in [3.8, 4) is 0 Å². The average Bonchev–Trinajstić information content (AvgIpc) is 2.87. The van der Waals surface area contributed by atoms with E-state index in [1.807, 2.05) is 0 Å². The molecule has 2 atom stereocenters. The van der Waals surface area contributed by atoms with Crippen molar-refractivity contribution in [2.24, 2.45) is 5.92 Å². The highest BCUT2D eigenvalue weighted by atomic mass is 79.9. The normalized spacial score (nSPS) is 32.4. The average molecular weight is 271 g/mol. The maximum atomic E-state index is 13.6. The van der Waals surface area contributed by atoms with Crippen LogP contribution in [0.25, 0.3) is 0 Å². The first-order valence-electron chi connectivity index (χ1n) is 4.77. The van der Waals surface area contributed by atoms with Crippen LogP contribution in [0.4, 0.5) is 4.39 Å². The zero-order valence-electron chi connectivity index (χ0n) is 7.80. The van der Waals surface area contributed by atoms with Gasteiger partial charge in [0.1, 0.15) is 11.2 Å². The van der Waals surface area contributed by atoms with E-state index in [-0.39, 0.29) is 17.7 Å². The van der Waals surface area contributed by atoms with Gasteiger partial charge in [0.25, 0.3) is 0 Å². The SMILES string of the molecule is O=C1OC[C@H]2C[C@]12c1cc(Br)ccc1F. The summed E-state index contributed by atoms with van der Waals surface area (Å²) in [6.45, 7) is 0.435. The summed E-state index contributed by atoms with van der Waals surface area (Å²) in [5, 5.41) is 0. The van der Waals surface area contributed by atoms with Gasteiger partial charge in [0.15, 0.2) is 0 Å². The standard InChI is InChI=1S/C11H8BrFO2/c12-7-1-2-9(13)8(3-7)11-4-6(11)5-15-10(11)14/h1-3,6H,4-5H2/t6-,11+/m1/s1. The Labute approximate surface area is 94.6 Å². The second kappa shape index (κ2) is 2.82. The van der Waals surface area contributed by atoms with Crippen LogP contribution in [0.15, 0.2) is 22.7 Å². The lowest BCUT2D eigenvalue weighted by molar-refractivity contribution is -0.142. The number of fused-ring (bicyclic) bond motifs is 1. The van der Waals surface area contributed by atoms with Gasteiger partial charge in [-0.15, -0.1) is 0 Å². The zero-order valence-corrected chi connectivity index (χ0v) is 9.38. The van der Waals surface area contributed by atoms with Gasteiger partial charge in [-0.25, -0.2) is 4.39 Å². The highest BCUT2D eigenvalue weighted by molar-refractivity contribution is 9.10. The topological polar surface area (TPSA) is 26.3 Å². The quantitative estimate of drug-likeness (QED) is 0.733. The van der Waals surface area contributed by atoms with Gasteiger partial charge in [0.05, 0.1) is 6.61 Å². The van der Waals surface area contributed by atoms with E-state index in [1.165, 1.54) is 6.07 Å². The van der Waals surface area contributed by atoms with Gasteiger partial charge in [0, 0.05) is 16.0 Å². The Balaban J connectivity index is 2.14. The first-order chi connectivity index (χ1) is 7.14. The summed E-state index contributed by atoms with van der Waals surface area (Å²) in [5.41, 5.74) is -0.196. The molecule has 0 aromatic heterocycles. The van der Waals surface area contributed by atoms with Crippen molar-refractivity contribution >= 4 is 21.9 Å². The Kier molecular flexibility index (Phi) is 1.75. The third kappa shape index (κ3) is 1.11. The number of halogens is 2. The largest absolute Gasteiger partial charge is 0.465 e. The van der Waals surface area contributed by atoms with Crippen molar-refractivity contribution in [2.45, 2.75) is 11.8 Å². The molecule has 2 aliphatic rings. The summed E-state index contributed by atoms with van der Waals surface area (Å²) < 4.78 is 19.4. The fraction of sp³-hybridized carbons (Fsp3) is 0.364. The predicted molar refractivity (Wildman–Crippen MR) is 54.8 cm³/mol. The van der Waals surface area contributed by atoms with E-state index < -0.39 is 5.41 Å². The van der Waals surface area contributed by atoms with Crippen molar-refractivity contribution < 1.29 is 13.9 Å². The molecule has 2 nitrogen and oxygen atoms in total. The smallest absolute Gasteiger partial charge is 0.317 e. The number of hydrogen-bond acceptors (Lipinski definition) is 2. The van der Waals surface area contributed by atoms with E-state index >= 15 is 0 Å². The molecule has 3 rings (SSSR count). The maximum absolute atomic E-state index is 13.6. The molecule has 1 heterocycles. The molecule has 1 aliphatic carbocycles. The van der Waals surface area contributed by atoms with Crippen LogP contribution >= 0.6 is 15.9 Å². The Bertz CT molecular complexity index is 460. The number of benzene rings is 1. The first kappa shape index (κ1) is 9.33. The Hall–Kier alpha value is -0.900. The van der Waals surface area contributed by atoms with Crippen molar-refractivity contribution in [2.75, 3.05) is 6.61 Å². The van der Waals surface area contributed by atoms with Crippen molar-refractivity contribution in [3.05, 3.63) is 34.1 Å². The monoisotopic (exact) mass is 270 g/mol. The summed E-state index contributed by atoms with van der Waals surface area (Å²) in [4.78, 5) is 11.6. The number of cyclic esters (lactones) is 1. The Morgan fingerprint density at radius 3 is 2.93 bits per heavy atom. The van der Waals surface area contributed by atoms with E-state index in [2.05, 4.69) is 15.9 Å². The van der Waals surface area contributed by atoms with Crippen LogP contribution in [-0.4, -0.2) is 12.6 Å². The number of rotatable bonds is 1. The van der Waals surface area contributed by atoms with Crippen LogP contribution in [0.1, 0.15) is 12.0 Å². The highest BCUT2D eigenvalue weighted by Gasteiger charge is 2.67. The van der Waals surface area contributed by atoms with E-state index in [9.17, 15) is 9.18 Å². The minimum absolute atomic E-state index is 0.175. The predicted octanol–water partition coefficient (Wildman–Crippen LogP) is 2.40. The molecule has 78 valence electrons. The number of carbonyl (C=O) groups is 1. The van der Waals surface area contributed by atoms with E-state index in [4.69, 9.17) is 4.74 Å². The lowest BCUT2D eigenvalue weighted by Gasteiger charge is -2.11. The van der Waals surface area contributed by atoms with Crippen LogP contribution < -0.4 is 0 Å². The zero-order chi connectivity index (χ0) is 10.6. The van der Waals surface area contributed by atoms with Crippen molar-refractivity contribution in [1.82, 2.24) is 0 Å². The second-order valence-electron chi connectivity index (χ2n) is 4.10. The van der Waals surface area contributed by atoms with Crippen molar-refractivity contribution in [3.63, 3.8) is 0 Å². The lowest BCUT2D eigenvalue weighted by atomic mass is 9.94. The van der Waals surface area contributed by atoms with Crippen LogP contribution in [0.5, 0.6) is 0 Å². The third-order valence-corrected chi connectivity index (χ3v) is 3.79. The van der Waals surface area contributed by atoms with Gasteiger partial charge in [-0.3, -0.25) is 4.79 Å². The molecule has 0 unspecified atom stereocenters. The minimum atomic E-state index is -0.673. The van der Waals surface area contributed by atoms with Gasteiger partial charge in [0.2, 0.25) is 0 Å². The Morgan fingerprint density at radius 2 is 2.33 bits per heavy atom. The maximum Gasteiger partial charge on any atom is 0.317 e. The molecular weight excluding hydrogens is 263 g/mol. The molecule has 0 spiro atoms. The number of ether oxygens (including phenoxy) is 1. The fourth-order valence-electron chi connectivity index (χ4n) is 2.37. The van der Waals surface area contributed by atoms with Gasteiger partial charge < -0.3 is 4.74 Å². The highest BCUT2D eigenvalue weighted by Crippen LogP contribution is 2.59. The molecule has 1 aromatic carbocycles. The molecule has 1 aromatic rings. The molecule has 4 heteroatoms. The van der Waals surface area contributed by atoms with Gasteiger partial charge in [-0.1, -0.05) is 15.9 Å². The summed E-state index contributed by atoms with van der Waals surface area (Å²) >= 11 is 3.29. The molecule has 0 N–H and O–H groups in total. The molecule has 1 saturated heterocycles. The number of carbonyl (C=O) groups excluding carboxylic acids is 1. The second-order valence-corrected chi connectivity index (χ2v) is 5.01. The Morgan fingerprint density at radius 1 is 1.53 bits per heavy atom. The lowest BCUT2D eigenvalue weighted by Crippen LogP contribution is -2.20. The van der Waals surface area contributed by atoms with Gasteiger partial charge in [-0.05, 0) is 24.6 Å². The van der Waals surface area contributed by atoms with Crippen LogP contribution in [0, 0.1) is 11.7 Å². The minimum Gasteiger partial charge on any atom is -0.465 e. The summed E-state index contributed by atoms with van der Waals surface area (Å²) in [5.74, 6) is -0.419. The van der Waals surface area contributed by atoms with Crippen LogP contribution in [-0.2, 0) is 14.9 Å².